The maximum absolute atomic E-state index is 11.0. The first-order valence-corrected chi connectivity index (χ1v) is 5.03. The largest absolute Gasteiger partial charge is 0.465 e. The van der Waals surface area contributed by atoms with Crippen LogP contribution < -0.4 is 0 Å². The number of hydrogen-bond acceptors (Lipinski definition) is 3. The van der Waals surface area contributed by atoms with Crippen LogP contribution in [0.4, 0.5) is 0 Å². The molecule has 0 unspecified atom stereocenters. The summed E-state index contributed by atoms with van der Waals surface area (Å²) in [6.45, 7) is 4.53. The van der Waals surface area contributed by atoms with Crippen LogP contribution in [0, 0.1) is 6.92 Å². The molecule has 76 valence electrons. The minimum Gasteiger partial charge on any atom is -0.465 e. The molecule has 2 rings (SSSR count). The van der Waals surface area contributed by atoms with Crippen LogP contribution >= 0.6 is 0 Å². The van der Waals surface area contributed by atoms with Crippen LogP contribution in [0.1, 0.15) is 24.4 Å². The van der Waals surface area contributed by atoms with E-state index in [9.17, 15) is 4.79 Å². The Labute approximate surface area is 83.7 Å². The zero-order chi connectivity index (χ0) is 9.97. The fraction of sp³-hybridized carbons (Fsp3) is 0.545. The number of carbonyl (C=O) groups excluding carboxylic acids is 1. The molecule has 2 heterocycles. The van der Waals surface area contributed by atoms with Gasteiger partial charge in [0.2, 0.25) is 0 Å². The van der Waals surface area contributed by atoms with Gasteiger partial charge in [-0.05, 0) is 19.1 Å². The molecule has 0 amide bonds. The monoisotopic (exact) mass is 193 g/mol. The van der Waals surface area contributed by atoms with Crippen molar-refractivity contribution in [1.29, 1.82) is 0 Å². The van der Waals surface area contributed by atoms with Gasteiger partial charge in [0.25, 0.3) is 0 Å². The number of nitrogens with zero attached hydrogens (tertiary/aromatic N) is 1. The number of piperidine rings is 1. The maximum Gasteiger partial charge on any atom is 0.135 e. The summed E-state index contributed by atoms with van der Waals surface area (Å²) in [4.78, 5) is 13.3. The van der Waals surface area contributed by atoms with Gasteiger partial charge < -0.3 is 4.42 Å². The molecule has 1 aliphatic rings. The van der Waals surface area contributed by atoms with E-state index in [2.05, 4.69) is 4.90 Å². The summed E-state index contributed by atoms with van der Waals surface area (Å²) in [7, 11) is 0. The second kappa shape index (κ2) is 3.96. The van der Waals surface area contributed by atoms with Gasteiger partial charge in [-0.25, -0.2) is 0 Å². The number of furan rings is 1. The van der Waals surface area contributed by atoms with Crippen LogP contribution in [0.3, 0.4) is 0 Å². The van der Waals surface area contributed by atoms with E-state index in [1.807, 2.05) is 19.1 Å². The summed E-state index contributed by atoms with van der Waals surface area (Å²) in [5.41, 5.74) is 0. The summed E-state index contributed by atoms with van der Waals surface area (Å²) in [5, 5.41) is 0. The van der Waals surface area contributed by atoms with Crippen molar-refractivity contribution >= 4 is 5.78 Å². The second-order valence-electron chi connectivity index (χ2n) is 3.83. The Morgan fingerprint density at radius 1 is 1.36 bits per heavy atom. The third-order valence-corrected chi connectivity index (χ3v) is 2.59. The topological polar surface area (TPSA) is 33.5 Å². The van der Waals surface area contributed by atoms with Crippen LogP contribution in [-0.4, -0.2) is 23.8 Å². The Kier molecular flexibility index (Phi) is 2.68. The van der Waals surface area contributed by atoms with Crippen molar-refractivity contribution in [1.82, 2.24) is 4.90 Å². The number of hydrogen-bond donors (Lipinski definition) is 0. The Morgan fingerprint density at radius 3 is 2.64 bits per heavy atom. The lowest BCUT2D eigenvalue weighted by atomic mass is 10.1. The fourth-order valence-electron chi connectivity index (χ4n) is 1.75. The summed E-state index contributed by atoms with van der Waals surface area (Å²) in [5.74, 6) is 2.34. The smallest absolute Gasteiger partial charge is 0.135 e. The lowest BCUT2D eigenvalue weighted by Crippen LogP contribution is -2.33. The molecule has 3 heteroatoms. The predicted molar refractivity (Wildman–Crippen MR) is 53.0 cm³/mol. The molecule has 0 spiro atoms. The third-order valence-electron chi connectivity index (χ3n) is 2.59. The zero-order valence-electron chi connectivity index (χ0n) is 8.45. The van der Waals surface area contributed by atoms with E-state index in [4.69, 9.17) is 4.42 Å². The average molecular weight is 193 g/mol. The van der Waals surface area contributed by atoms with Gasteiger partial charge in [-0.1, -0.05) is 0 Å². The van der Waals surface area contributed by atoms with Crippen LogP contribution in [0.25, 0.3) is 0 Å². The van der Waals surface area contributed by atoms with E-state index in [1.165, 1.54) is 0 Å². The van der Waals surface area contributed by atoms with Crippen molar-refractivity contribution in [3.05, 3.63) is 23.7 Å². The van der Waals surface area contributed by atoms with Gasteiger partial charge in [-0.3, -0.25) is 9.69 Å². The average Bonchev–Trinajstić information content (AvgIpc) is 2.56. The van der Waals surface area contributed by atoms with Gasteiger partial charge in [0, 0.05) is 25.9 Å². The van der Waals surface area contributed by atoms with Gasteiger partial charge in [0.15, 0.2) is 0 Å². The SMILES string of the molecule is Cc1ccc(CN2CCC(=O)CC2)o1. The fourth-order valence-corrected chi connectivity index (χ4v) is 1.75. The molecule has 3 nitrogen and oxygen atoms in total. The number of carbonyl (C=O) groups is 1. The van der Waals surface area contributed by atoms with Crippen molar-refractivity contribution in [3.63, 3.8) is 0 Å². The lowest BCUT2D eigenvalue weighted by Gasteiger charge is -2.24. The molecule has 0 aliphatic carbocycles. The summed E-state index contributed by atoms with van der Waals surface area (Å²) in [6.07, 6.45) is 1.39. The van der Waals surface area contributed by atoms with Crippen molar-refractivity contribution in [2.24, 2.45) is 0 Å². The lowest BCUT2D eigenvalue weighted by molar-refractivity contribution is -0.121. The van der Waals surface area contributed by atoms with Crippen LogP contribution in [-0.2, 0) is 11.3 Å². The van der Waals surface area contributed by atoms with Gasteiger partial charge in [0.05, 0.1) is 6.54 Å². The van der Waals surface area contributed by atoms with Crippen molar-refractivity contribution in [3.8, 4) is 0 Å². The molecular formula is C11H15NO2. The number of aryl methyl sites for hydroxylation is 1. The Bertz CT molecular complexity index is 320. The number of ketones is 1. The van der Waals surface area contributed by atoms with E-state index in [0.29, 0.717) is 18.6 Å². The molecule has 0 aromatic carbocycles. The van der Waals surface area contributed by atoms with E-state index >= 15 is 0 Å². The number of likely N-dealkylation sites (tertiary alicyclic amines) is 1. The van der Waals surface area contributed by atoms with E-state index < -0.39 is 0 Å². The van der Waals surface area contributed by atoms with E-state index in [-0.39, 0.29) is 0 Å². The molecule has 1 fully saturated rings. The molecule has 14 heavy (non-hydrogen) atoms. The highest BCUT2D eigenvalue weighted by molar-refractivity contribution is 5.79. The summed E-state index contributed by atoms with van der Waals surface area (Å²) in [6, 6.07) is 3.98. The standard InChI is InChI=1S/C11H15NO2/c1-9-2-3-11(14-9)8-12-6-4-10(13)5-7-12/h2-3H,4-8H2,1H3. The Balaban J connectivity index is 1.89. The minimum atomic E-state index is 0.386. The number of rotatable bonds is 2. The van der Waals surface area contributed by atoms with Crippen LogP contribution in [0.2, 0.25) is 0 Å². The van der Waals surface area contributed by atoms with Gasteiger partial charge in [-0.15, -0.1) is 0 Å². The molecule has 0 atom stereocenters. The normalized spacial score (nSPS) is 18.8. The Hall–Kier alpha value is -1.09. The number of Topliss-reactive ketones (excluding diaryl/α,β-unsaturated/α-hetero) is 1. The Morgan fingerprint density at radius 2 is 2.07 bits per heavy atom. The molecule has 0 saturated carbocycles. The predicted octanol–water partition coefficient (Wildman–Crippen LogP) is 1.75. The van der Waals surface area contributed by atoms with Gasteiger partial charge in [0.1, 0.15) is 17.3 Å². The molecule has 0 N–H and O–H groups in total. The summed E-state index contributed by atoms with van der Waals surface area (Å²) >= 11 is 0. The molecule has 0 bridgehead atoms. The molecular weight excluding hydrogens is 178 g/mol. The zero-order valence-corrected chi connectivity index (χ0v) is 8.45. The second-order valence-corrected chi connectivity index (χ2v) is 3.83. The maximum atomic E-state index is 11.0. The highest BCUT2D eigenvalue weighted by Crippen LogP contribution is 2.13. The molecule has 1 saturated heterocycles. The van der Waals surface area contributed by atoms with Crippen LogP contribution in [0.15, 0.2) is 16.5 Å². The molecule has 1 aromatic heterocycles. The van der Waals surface area contributed by atoms with Crippen molar-refractivity contribution < 1.29 is 9.21 Å². The van der Waals surface area contributed by atoms with Gasteiger partial charge >= 0.3 is 0 Å². The summed E-state index contributed by atoms with van der Waals surface area (Å²) < 4.78 is 5.49. The molecule has 1 aliphatic heterocycles. The van der Waals surface area contributed by atoms with Gasteiger partial charge in [-0.2, -0.15) is 0 Å². The van der Waals surface area contributed by atoms with E-state index in [1.54, 1.807) is 0 Å². The van der Waals surface area contributed by atoms with Crippen molar-refractivity contribution in [2.75, 3.05) is 13.1 Å². The third kappa shape index (κ3) is 2.23. The molecule has 0 radical (unpaired) electrons. The first kappa shape index (κ1) is 9.46. The quantitative estimate of drug-likeness (QED) is 0.717. The van der Waals surface area contributed by atoms with E-state index in [0.717, 1.165) is 31.2 Å². The first-order valence-electron chi connectivity index (χ1n) is 5.03. The van der Waals surface area contributed by atoms with Crippen molar-refractivity contribution in [2.45, 2.75) is 26.3 Å². The minimum absolute atomic E-state index is 0.386. The first-order chi connectivity index (χ1) is 6.74. The highest BCUT2D eigenvalue weighted by atomic mass is 16.3. The van der Waals surface area contributed by atoms with Crippen LogP contribution in [0.5, 0.6) is 0 Å². The molecule has 1 aromatic rings. The highest BCUT2D eigenvalue weighted by Gasteiger charge is 2.16.